The van der Waals surface area contributed by atoms with Gasteiger partial charge in [0.05, 0.1) is 18.1 Å². The van der Waals surface area contributed by atoms with Gasteiger partial charge in [-0.15, -0.1) is 0 Å². The first-order valence-electron chi connectivity index (χ1n) is 10.5. The number of nitrogens with one attached hydrogen (secondary N) is 2. The topological polar surface area (TPSA) is 87.7 Å². The van der Waals surface area contributed by atoms with Crippen LogP contribution in [0, 0.1) is 5.92 Å². The van der Waals surface area contributed by atoms with Crippen LogP contribution >= 0.6 is 0 Å². The van der Waals surface area contributed by atoms with Gasteiger partial charge in [-0.3, -0.25) is 9.69 Å². The first-order valence-corrected chi connectivity index (χ1v) is 12.0. The van der Waals surface area contributed by atoms with Crippen molar-refractivity contribution in [3.05, 3.63) is 29.8 Å². The van der Waals surface area contributed by atoms with Crippen molar-refractivity contribution in [1.29, 1.82) is 0 Å². The number of aryl methyl sites for hydroxylation is 1. The predicted octanol–water partition coefficient (Wildman–Crippen LogP) is 1.53. The van der Waals surface area contributed by atoms with Crippen LogP contribution < -0.4 is 10.0 Å². The van der Waals surface area contributed by atoms with Gasteiger partial charge in [0, 0.05) is 38.1 Å². The van der Waals surface area contributed by atoms with Crippen LogP contribution in [0.1, 0.15) is 38.7 Å². The Morgan fingerprint density at radius 2 is 1.83 bits per heavy atom. The summed E-state index contributed by atoms with van der Waals surface area (Å²) in [6.45, 7) is 8.31. The lowest BCUT2D eigenvalue weighted by molar-refractivity contribution is -0.121. The molecule has 1 amide bonds. The van der Waals surface area contributed by atoms with Gasteiger partial charge >= 0.3 is 0 Å². The number of carbonyl (C=O) groups excluding carboxylic acids is 1. The largest absolute Gasteiger partial charge is 0.379 e. The van der Waals surface area contributed by atoms with Gasteiger partial charge in [-0.05, 0) is 42.9 Å². The molecule has 29 heavy (non-hydrogen) atoms. The van der Waals surface area contributed by atoms with E-state index in [0.29, 0.717) is 31.3 Å². The normalized spacial score (nSPS) is 19.3. The molecule has 1 atom stereocenters. The van der Waals surface area contributed by atoms with Crippen LogP contribution in [0.5, 0.6) is 0 Å². The lowest BCUT2D eigenvalue weighted by Gasteiger charge is -2.36. The van der Waals surface area contributed by atoms with Gasteiger partial charge in [0.2, 0.25) is 15.9 Å². The zero-order valence-electron chi connectivity index (χ0n) is 17.4. The van der Waals surface area contributed by atoms with Crippen LogP contribution in [0.2, 0.25) is 0 Å². The van der Waals surface area contributed by atoms with Crippen molar-refractivity contribution in [3.8, 4) is 0 Å². The minimum absolute atomic E-state index is 0.0241. The molecule has 7 nitrogen and oxygen atoms in total. The van der Waals surface area contributed by atoms with E-state index in [-0.39, 0.29) is 16.8 Å². The molecule has 0 radical (unpaired) electrons. The monoisotopic (exact) mass is 423 g/mol. The van der Waals surface area contributed by atoms with Crippen LogP contribution in [0.15, 0.2) is 29.2 Å². The molecule has 8 heteroatoms. The molecule has 2 N–H and O–H groups in total. The summed E-state index contributed by atoms with van der Waals surface area (Å²) in [6, 6.07) is 7.22. The number of ether oxygens (including phenoxy) is 1. The van der Waals surface area contributed by atoms with E-state index in [2.05, 4.69) is 28.8 Å². The Bertz CT molecular complexity index is 770. The smallest absolute Gasteiger partial charge is 0.240 e. The molecule has 0 bridgehead atoms. The highest BCUT2D eigenvalue weighted by molar-refractivity contribution is 7.89. The summed E-state index contributed by atoms with van der Waals surface area (Å²) >= 11 is 0. The summed E-state index contributed by atoms with van der Waals surface area (Å²) in [7, 11) is -3.43. The average molecular weight is 424 g/mol. The molecule has 2 fully saturated rings. The Morgan fingerprint density at radius 1 is 1.17 bits per heavy atom. The fourth-order valence-electron chi connectivity index (χ4n) is 3.58. The van der Waals surface area contributed by atoms with Crippen molar-refractivity contribution >= 4 is 15.9 Å². The van der Waals surface area contributed by atoms with Crippen LogP contribution in [0.4, 0.5) is 0 Å². The molecule has 1 heterocycles. The van der Waals surface area contributed by atoms with Crippen LogP contribution in [-0.2, 0) is 26.0 Å². The van der Waals surface area contributed by atoms with Crippen LogP contribution in [0.3, 0.4) is 0 Å². The number of rotatable bonds is 10. The number of sulfonamides is 1. The second-order valence-corrected chi connectivity index (χ2v) is 10.0. The first-order chi connectivity index (χ1) is 13.8. The van der Waals surface area contributed by atoms with E-state index in [0.717, 1.165) is 44.7 Å². The summed E-state index contributed by atoms with van der Waals surface area (Å²) in [5.41, 5.74) is 0.958. The Morgan fingerprint density at radius 3 is 2.41 bits per heavy atom. The maximum Gasteiger partial charge on any atom is 0.240 e. The zero-order valence-corrected chi connectivity index (χ0v) is 18.2. The number of nitrogens with zero attached hydrogens (tertiary/aromatic N) is 1. The molecule has 3 rings (SSSR count). The number of amides is 1. The first kappa shape index (κ1) is 22.2. The minimum atomic E-state index is -3.43. The summed E-state index contributed by atoms with van der Waals surface area (Å²) < 4.78 is 32.5. The predicted molar refractivity (Wildman–Crippen MR) is 112 cm³/mol. The van der Waals surface area contributed by atoms with E-state index in [1.54, 1.807) is 24.3 Å². The third-order valence-corrected chi connectivity index (χ3v) is 7.10. The molecule has 0 aromatic heterocycles. The molecular weight excluding hydrogens is 390 g/mol. The highest BCUT2D eigenvalue weighted by atomic mass is 32.2. The minimum Gasteiger partial charge on any atom is -0.379 e. The molecule has 0 spiro atoms. The molecule has 1 aliphatic heterocycles. The van der Waals surface area contributed by atoms with E-state index in [1.165, 1.54) is 0 Å². The Labute approximate surface area is 174 Å². The van der Waals surface area contributed by atoms with Crippen molar-refractivity contribution in [3.63, 3.8) is 0 Å². The maximum atomic E-state index is 12.3. The van der Waals surface area contributed by atoms with Gasteiger partial charge in [-0.1, -0.05) is 26.0 Å². The van der Waals surface area contributed by atoms with Gasteiger partial charge in [-0.25, -0.2) is 13.1 Å². The quantitative estimate of drug-likeness (QED) is 0.596. The number of carbonyl (C=O) groups is 1. The van der Waals surface area contributed by atoms with Crippen molar-refractivity contribution in [2.45, 2.75) is 56.5 Å². The van der Waals surface area contributed by atoms with Crippen LogP contribution in [0.25, 0.3) is 0 Å². The van der Waals surface area contributed by atoms with Gasteiger partial charge in [0.1, 0.15) is 0 Å². The average Bonchev–Trinajstić information content (AvgIpc) is 3.51. The molecule has 1 aromatic carbocycles. The van der Waals surface area contributed by atoms with E-state index in [1.807, 2.05) is 0 Å². The van der Waals surface area contributed by atoms with Gasteiger partial charge in [0.15, 0.2) is 0 Å². The Balaban J connectivity index is 1.44. The number of morpholine rings is 1. The van der Waals surface area contributed by atoms with Crippen LogP contribution in [-0.4, -0.2) is 64.2 Å². The number of hydrogen-bond donors (Lipinski definition) is 2. The molecular formula is C21H33N3O4S. The summed E-state index contributed by atoms with van der Waals surface area (Å²) in [4.78, 5) is 15.0. The Kier molecular flexibility index (Phi) is 7.67. The van der Waals surface area contributed by atoms with Crippen molar-refractivity contribution in [1.82, 2.24) is 14.9 Å². The van der Waals surface area contributed by atoms with E-state index < -0.39 is 10.0 Å². The van der Waals surface area contributed by atoms with Crippen molar-refractivity contribution in [2.24, 2.45) is 5.92 Å². The molecule has 1 saturated heterocycles. The van der Waals surface area contributed by atoms with Gasteiger partial charge in [-0.2, -0.15) is 0 Å². The van der Waals surface area contributed by atoms with Gasteiger partial charge in [0.25, 0.3) is 0 Å². The number of benzene rings is 1. The third-order valence-electron chi connectivity index (χ3n) is 5.57. The highest BCUT2D eigenvalue weighted by Crippen LogP contribution is 2.22. The molecule has 1 unspecified atom stereocenters. The fraction of sp³-hybridized carbons (Fsp3) is 0.667. The second-order valence-electron chi connectivity index (χ2n) is 8.30. The molecule has 1 aliphatic carbocycles. The van der Waals surface area contributed by atoms with E-state index in [4.69, 9.17) is 4.74 Å². The molecule has 1 aromatic rings. The summed E-state index contributed by atoms with van der Waals surface area (Å²) in [6.07, 6.45) is 2.80. The third kappa shape index (κ3) is 6.77. The second kappa shape index (κ2) is 10.0. The Hall–Kier alpha value is -1.48. The number of hydrogen-bond acceptors (Lipinski definition) is 5. The van der Waals surface area contributed by atoms with Crippen molar-refractivity contribution in [2.75, 3.05) is 32.8 Å². The standard InChI is InChI=1S/C21H33N3O4S/c1-16(2)20(24-11-13-28-14-12-24)15-22-21(25)10-5-17-3-8-19(9-4-17)29(26,27)23-18-6-7-18/h3-4,8-9,16,18,20,23H,5-7,10-15H2,1-2H3,(H,22,25). The highest BCUT2D eigenvalue weighted by Gasteiger charge is 2.28. The van der Waals surface area contributed by atoms with Gasteiger partial charge < -0.3 is 10.1 Å². The molecule has 2 aliphatic rings. The lowest BCUT2D eigenvalue weighted by Crippen LogP contribution is -2.51. The lowest BCUT2D eigenvalue weighted by atomic mass is 10.0. The maximum absolute atomic E-state index is 12.3. The van der Waals surface area contributed by atoms with E-state index in [9.17, 15) is 13.2 Å². The molecule has 1 saturated carbocycles. The van der Waals surface area contributed by atoms with Crippen molar-refractivity contribution < 1.29 is 17.9 Å². The SMILES string of the molecule is CC(C)C(CNC(=O)CCc1ccc(S(=O)(=O)NC2CC2)cc1)N1CCOCC1. The zero-order chi connectivity index (χ0) is 20.9. The molecule has 162 valence electrons. The fourth-order valence-corrected chi connectivity index (χ4v) is 4.89. The van der Waals surface area contributed by atoms with E-state index >= 15 is 0 Å². The summed E-state index contributed by atoms with van der Waals surface area (Å²) in [5, 5.41) is 3.07. The summed E-state index contributed by atoms with van der Waals surface area (Å²) in [5.74, 6) is 0.475.